The average molecular weight is 595 g/mol. The van der Waals surface area contributed by atoms with Crippen molar-refractivity contribution in [3.8, 4) is 0 Å². The minimum atomic E-state index is -4.92. The van der Waals surface area contributed by atoms with Crippen LogP contribution in [-0.4, -0.2) is 105 Å². The molecule has 0 aromatic carbocycles. The van der Waals surface area contributed by atoms with E-state index in [-0.39, 0.29) is 22.8 Å². The van der Waals surface area contributed by atoms with E-state index in [1.165, 1.54) is 35.2 Å². The van der Waals surface area contributed by atoms with Gasteiger partial charge in [-0.1, -0.05) is 0 Å². The summed E-state index contributed by atoms with van der Waals surface area (Å²) in [4.78, 5) is 30.6. The van der Waals surface area contributed by atoms with E-state index in [4.69, 9.17) is 34.7 Å². The van der Waals surface area contributed by atoms with Gasteiger partial charge in [-0.25, -0.2) is 29.5 Å². The number of methoxy groups -OCH3 is 1. The molecule has 4 aromatic rings. The minimum absolute atomic E-state index is 0.108. The molecule has 0 saturated carbocycles. The van der Waals surface area contributed by atoms with E-state index in [9.17, 15) is 24.8 Å². The Labute approximate surface area is 229 Å². The van der Waals surface area contributed by atoms with E-state index >= 15 is 0 Å². The second kappa shape index (κ2) is 10.5. The van der Waals surface area contributed by atoms with Crippen molar-refractivity contribution in [1.82, 2.24) is 34.1 Å². The molecule has 8 N–H and O–H groups in total. The molecule has 4 aromatic heterocycles. The standard InChI is InChI=1S/C21H26N9O10P/c1-36-21-14(13(33)20(39-21)30-7-28-10-16(23)25-6-27-18(10)30)40-41(34,35)37-4-9-11(31)12(32)19(38-9)29-3-2-8-15(22)24-5-26-17(8)29/h2-3,5-7,9,11-14,19-21,31-33H,4H2,1H3,(H,34,35)(H2,22,24,26)(H2,23,25,27)/t9-,11+,12+,13+,14-,19-,20-,21+/m1/s1. The van der Waals surface area contributed by atoms with Crippen LogP contribution in [0.4, 0.5) is 11.6 Å². The van der Waals surface area contributed by atoms with Gasteiger partial charge in [0.1, 0.15) is 54.1 Å². The van der Waals surface area contributed by atoms with Crippen molar-refractivity contribution in [3.05, 3.63) is 31.2 Å². The zero-order valence-electron chi connectivity index (χ0n) is 21.2. The quantitative estimate of drug-likeness (QED) is 0.125. The predicted octanol–water partition coefficient (Wildman–Crippen LogP) is -1.58. The molecule has 2 fully saturated rings. The number of anilines is 2. The third-order valence-electron chi connectivity index (χ3n) is 6.87. The number of nitrogens with two attached hydrogens (primary N) is 2. The van der Waals surface area contributed by atoms with Crippen molar-refractivity contribution in [1.29, 1.82) is 0 Å². The molecule has 0 spiro atoms. The molecule has 9 atom stereocenters. The summed E-state index contributed by atoms with van der Waals surface area (Å²) >= 11 is 0. The Morgan fingerprint density at radius 3 is 2.41 bits per heavy atom. The number of aromatic nitrogens is 7. The SMILES string of the molecule is CO[C@H]1O[C@@H](n2cnc3c(N)ncnc32)[C@@H](O)[C@H]1OP(=O)(O)OC[C@H]1O[C@@H](n2ccc3c(N)ncnc32)[C@@H](O)[C@H]1O. The first-order valence-corrected chi connectivity index (χ1v) is 13.6. The maximum Gasteiger partial charge on any atom is 0.472 e. The summed E-state index contributed by atoms with van der Waals surface area (Å²) in [5.41, 5.74) is 12.5. The summed E-state index contributed by atoms with van der Waals surface area (Å²) in [6.45, 7) is -0.661. The maximum atomic E-state index is 12.9. The molecule has 0 amide bonds. The van der Waals surface area contributed by atoms with Gasteiger partial charge in [0, 0.05) is 13.3 Å². The fourth-order valence-corrected chi connectivity index (χ4v) is 5.78. The molecule has 6 heterocycles. The highest BCUT2D eigenvalue weighted by Crippen LogP contribution is 2.49. The molecule has 20 heteroatoms. The van der Waals surface area contributed by atoms with Gasteiger partial charge in [0.2, 0.25) is 0 Å². The lowest BCUT2D eigenvalue weighted by molar-refractivity contribution is -0.159. The van der Waals surface area contributed by atoms with Crippen molar-refractivity contribution in [2.45, 2.75) is 49.3 Å². The molecule has 2 saturated heterocycles. The second-order valence-electron chi connectivity index (χ2n) is 9.30. The van der Waals surface area contributed by atoms with Crippen LogP contribution in [0.3, 0.4) is 0 Å². The number of aliphatic hydroxyl groups excluding tert-OH is 3. The first-order valence-electron chi connectivity index (χ1n) is 12.1. The van der Waals surface area contributed by atoms with Crippen LogP contribution < -0.4 is 11.5 Å². The summed E-state index contributed by atoms with van der Waals surface area (Å²) in [6.07, 6.45) is -5.53. The van der Waals surface area contributed by atoms with Gasteiger partial charge in [-0.2, -0.15) is 0 Å². The van der Waals surface area contributed by atoms with Crippen LogP contribution in [0.2, 0.25) is 0 Å². The molecule has 1 unspecified atom stereocenters. The Balaban J connectivity index is 1.14. The number of imidazole rings is 1. The fraction of sp³-hybridized carbons (Fsp3) is 0.476. The Morgan fingerprint density at radius 2 is 1.66 bits per heavy atom. The molecule has 0 aliphatic carbocycles. The van der Waals surface area contributed by atoms with Crippen molar-refractivity contribution in [3.63, 3.8) is 0 Å². The van der Waals surface area contributed by atoms with Gasteiger partial charge in [0.05, 0.1) is 18.3 Å². The van der Waals surface area contributed by atoms with Crippen LogP contribution in [0, 0.1) is 0 Å². The zero-order chi connectivity index (χ0) is 29.1. The molecule has 41 heavy (non-hydrogen) atoms. The van der Waals surface area contributed by atoms with Gasteiger partial charge in [-0.3, -0.25) is 13.6 Å². The number of nitrogens with zero attached hydrogens (tertiary/aromatic N) is 7. The number of fused-ring (bicyclic) bond motifs is 2. The highest BCUT2D eigenvalue weighted by atomic mass is 31.2. The molecule has 220 valence electrons. The van der Waals surface area contributed by atoms with E-state index in [1.54, 1.807) is 12.3 Å². The van der Waals surface area contributed by atoms with Gasteiger partial charge in [-0.15, -0.1) is 0 Å². The molecule has 0 radical (unpaired) electrons. The van der Waals surface area contributed by atoms with E-state index in [0.717, 1.165) is 0 Å². The van der Waals surface area contributed by atoms with Crippen LogP contribution in [0.15, 0.2) is 31.2 Å². The van der Waals surface area contributed by atoms with Crippen LogP contribution in [0.5, 0.6) is 0 Å². The van der Waals surface area contributed by atoms with Crippen LogP contribution in [-0.2, 0) is 27.8 Å². The Bertz CT molecular complexity index is 1620. The van der Waals surface area contributed by atoms with Crippen molar-refractivity contribution >= 4 is 41.7 Å². The predicted molar refractivity (Wildman–Crippen MR) is 135 cm³/mol. The molecule has 0 bridgehead atoms. The van der Waals surface area contributed by atoms with Gasteiger partial charge >= 0.3 is 7.82 Å². The first-order chi connectivity index (χ1) is 19.6. The van der Waals surface area contributed by atoms with Crippen molar-refractivity contribution in [2.24, 2.45) is 0 Å². The third-order valence-corrected chi connectivity index (χ3v) is 7.86. The molecule has 6 rings (SSSR count). The third kappa shape index (κ3) is 4.81. The maximum absolute atomic E-state index is 12.9. The highest BCUT2D eigenvalue weighted by molar-refractivity contribution is 7.47. The second-order valence-corrected chi connectivity index (χ2v) is 10.7. The number of hydrogen-bond donors (Lipinski definition) is 6. The van der Waals surface area contributed by atoms with E-state index in [0.29, 0.717) is 11.0 Å². The first kappa shape index (κ1) is 27.8. The van der Waals surface area contributed by atoms with Crippen molar-refractivity contribution < 1.29 is 48.0 Å². The number of hydrogen-bond acceptors (Lipinski definition) is 16. The van der Waals surface area contributed by atoms with E-state index in [1.807, 2.05) is 0 Å². The highest BCUT2D eigenvalue weighted by Gasteiger charge is 2.51. The average Bonchev–Trinajstić information content (AvgIpc) is 3.70. The summed E-state index contributed by atoms with van der Waals surface area (Å²) < 4.78 is 42.6. The summed E-state index contributed by atoms with van der Waals surface area (Å²) in [7, 11) is -3.67. The number of nitrogen functional groups attached to an aromatic ring is 2. The molecule has 2 aliphatic heterocycles. The molecular weight excluding hydrogens is 569 g/mol. The number of ether oxygens (including phenoxy) is 3. The topological polar surface area (TPSA) is 270 Å². The Hall–Kier alpha value is -3.36. The van der Waals surface area contributed by atoms with Crippen LogP contribution in [0.1, 0.15) is 12.5 Å². The van der Waals surface area contributed by atoms with Crippen molar-refractivity contribution in [2.75, 3.05) is 25.2 Å². The minimum Gasteiger partial charge on any atom is -0.387 e. The lowest BCUT2D eigenvalue weighted by Crippen LogP contribution is -2.36. The zero-order valence-corrected chi connectivity index (χ0v) is 22.1. The normalized spacial score (nSPS) is 31.7. The lowest BCUT2D eigenvalue weighted by atomic mass is 10.1. The van der Waals surface area contributed by atoms with Gasteiger partial charge in [0.25, 0.3) is 0 Å². The Morgan fingerprint density at radius 1 is 0.951 bits per heavy atom. The fourth-order valence-electron chi connectivity index (χ4n) is 4.85. The van der Waals surface area contributed by atoms with Gasteiger partial charge < -0.3 is 50.5 Å². The number of phosphoric ester groups is 1. The van der Waals surface area contributed by atoms with E-state index < -0.39 is 63.7 Å². The molecule has 19 nitrogen and oxygen atoms in total. The number of aliphatic hydroxyl groups is 3. The smallest absolute Gasteiger partial charge is 0.387 e. The summed E-state index contributed by atoms with van der Waals surface area (Å²) in [5, 5.41) is 32.6. The number of rotatable bonds is 8. The molecular formula is C21H26N9O10P. The van der Waals surface area contributed by atoms with Crippen LogP contribution in [0.25, 0.3) is 22.2 Å². The largest absolute Gasteiger partial charge is 0.472 e. The monoisotopic (exact) mass is 595 g/mol. The summed E-state index contributed by atoms with van der Waals surface area (Å²) in [6, 6.07) is 1.62. The molecule has 2 aliphatic rings. The lowest BCUT2D eigenvalue weighted by Gasteiger charge is -2.23. The van der Waals surface area contributed by atoms with Crippen LogP contribution >= 0.6 is 7.82 Å². The Kier molecular flexibility index (Phi) is 7.10. The van der Waals surface area contributed by atoms with Gasteiger partial charge in [0.15, 0.2) is 36.3 Å². The van der Waals surface area contributed by atoms with E-state index in [2.05, 4.69) is 24.9 Å². The number of phosphoric acid groups is 1. The summed E-state index contributed by atoms with van der Waals surface area (Å²) in [5.74, 6) is 0.324. The van der Waals surface area contributed by atoms with Gasteiger partial charge in [-0.05, 0) is 6.07 Å².